The molecule has 0 atom stereocenters. The van der Waals surface area contributed by atoms with Crippen molar-refractivity contribution in [2.75, 3.05) is 19.7 Å². The molecule has 0 radical (unpaired) electrons. The van der Waals surface area contributed by atoms with Gasteiger partial charge in [-0.05, 0) is 30.9 Å². The van der Waals surface area contributed by atoms with E-state index in [1.807, 2.05) is 0 Å². The van der Waals surface area contributed by atoms with Crippen LogP contribution in [0.3, 0.4) is 0 Å². The van der Waals surface area contributed by atoms with Gasteiger partial charge in [0.1, 0.15) is 4.90 Å². The van der Waals surface area contributed by atoms with Crippen molar-refractivity contribution >= 4 is 49.2 Å². The van der Waals surface area contributed by atoms with E-state index in [1.54, 1.807) is 0 Å². The van der Waals surface area contributed by atoms with Crippen molar-refractivity contribution in [2.24, 2.45) is 5.92 Å². The van der Waals surface area contributed by atoms with Gasteiger partial charge in [-0.25, -0.2) is 8.42 Å². The largest absolute Gasteiger partial charge is 0.396 e. The number of nitrogens with zero attached hydrogens (tertiary/aromatic N) is 1. The molecule has 1 aromatic carbocycles. The molecule has 20 heavy (non-hydrogen) atoms. The van der Waals surface area contributed by atoms with E-state index in [2.05, 4.69) is 15.9 Å². The van der Waals surface area contributed by atoms with Crippen LogP contribution in [-0.2, 0) is 10.0 Å². The van der Waals surface area contributed by atoms with E-state index >= 15 is 0 Å². The number of piperidine rings is 1. The van der Waals surface area contributed by atoms with Crippen LogP contribution < -0.4 is 0 Å². The number of halogens is 3. The maximum atomic E-state index is 12.6. The van der Waals surface area contributed by atoms with Gasteiger partial charge < -0.3 is 5.11 Å². The summed E-state index contributed by atoms with van der Waals surface area (Å²) >= 11 is 15.3. The molecule has 1 aromatic rings. The molecular formula is C12H14BrCl2NO3S. The highest BCUT2D eigenvalue weighted by molar-refractivity contribution is 9.10. The lowest BCUT2D eigenvalue weighted by atomic mass is 10.00. The first kappa shape index (κ1) is 16.5. The molecule has 0 bridgehead atoms. The molecule has 0 spiro atoms. The summed E-state index contributed by atoms with van der Waals surface area (Å²) < 4.78 is 27.2. The minimum Gasteiger partial charge on any atom is -0.396 e. The third kappa shape index (κ3) is 3.31. The van der Waals surface area contributed by atoms with Gasteiger partial charge in [0.2, 0.25) is 10.0 Å². The van der Waals surface area contributed by atoms with Crippen molar-refractivity contribution < 1.29 is 13.5 Å². The number of aliphatic hydroxyl groups is 1. The summed E-state index contributed by atoms with van der Waals surface area (Å²) in [7, 11) is -3.70. The van der Waals surface area contributed by atoms with Crippen molar-refractivity contribution in [1.82, 2.24) is 4.31 Å². The number of hydrogen-bond acceptors (Lipinski definition) is 3. The maximum Gasteiger partial charge on any atom is 0.246 e. The highest BCUT2D eigenvalue weighted by atomic mass is 79.9. The molecule has 1 N–H and O–H groups in total. The number of rotatable bonds is 3. The molecule has 4 nitrogen and oxygen atoms in total. The second-order valence-electron chi connectivity index (χ2n) is 4.73. The molecule has 1 heterocycles. The van der Waals surface area contributed by atoms with Gasteiger partial charge in [0.15, 0.2) is 0 Å². The van der Waals surface area contributed by atoms with Crippen molar-refractivity contribution in [2.45, 2.75) is 17.7 Å². The van der Waals surface area contributed by atoms with Crippen LogP contribution in [0, 0.1) is 5.92 Å². The molecule has 1 aliphatic rings. The summed E-state index contributed by atoms with van der Waals surface area (Å²) in [4.78, 5) is -0.0496. The fraction of sp³-hybridized carbons (Fsp3) is 0.500. The zero-order valence-electron chi connectivity index (χ0n) is 10.5. The molecule has 1 saturated heterocycles. The van der Waals surface area contributed by atoms with Gasteiger partial charge in [0.25, 0.3) is 0 Å². The van der Waals surface area contributed by atoms with Crippen LogP contribution in [0.4, 0.5) is 0 Å². The lowest BCUT2D eigenvalue weighted by molar-refractivity contribution is 0.170. The summed E-state index contributed by atoms with van der Waals surface area (Å²) in [5.74, 6) is 0.164. The Morgan fingerprint density at radius 1 is 1.25 bits per heavy atom. The molecule has 0 saturated carbocycles. The second kappa shape index (κ2) is 6.50. The van der Waals surface area contributed by atoms with Crippen molar-refractivity contribution in [3.8, 4) is 0 Å². The summed E-state index contributed by atoms with van der Waals surface area (Å²) in [5.41, 5.74) is 0. The van der Waals surface area contributed by atoms with Gasteiger partial charge in [0.05, 0.1) is 10.0 Å². The standard InChI is InChI=1S/C12H14BrCl2NO3S/c13-9-5-10(14)12(11(15)6-9)20(18,19)16-3-1-8(7-17)2-4-16/h5-6,8,17H,1-4,7H2. The molecule has 0 unspecified atom stereocenters. The van der Waals surface area contributed by atoms with Gasteiger partial charge in [-0.2, -0.15) is 4.31 Å². The maximum absolute atomic E-state index is 12.6. The normalized spacial score (nSPS) is 18.4. The predicted molar refractivity (Wildman–Crippen MR) is 82.7 cm³/mol. The molecule has 0 aliphatic carbocycles. The molecule has 0 aromatic heterocycles. The third-order valence-corrected chi connectivity index (χ3v) is 6.67. The Hall–Kier alpha value is 0.150. The molecule has 2 rings (SSSR count). The van der Waals surface area contributed by atoms with Crippen LogP contribution in [0.5, 0.6) is 0 Å². The average Bonchev–Trinajstić information content (AvgIpc) is 2.37. The zero-order chi connectivity index (χ0) is 14.9. The van der Waals surface area contributed by atoms with Gasteiger partial charge in [-0.15, -0.1) is 0 Å². The quantitative estimate of drug-likeness (QED) is 0.844. The Morgan fingerprint density at radius 3 is 2.20 bits per heavy atom. The molecule has 0 amide bonds. The Labute approximate surface area is 136 Å². The van der Waals surface area contributed by atoms with E-state index in [9.17, 15) is 8.42 Å². The molecule has 112 valence electrons. The van der Waals surface area contributed by atoms with Crippen LogP contribution in [0.25, 0.3) is 0 Å². The van der Waals surface area contributed by atoms with Crippen LogP contribution in [-0.4, -0.2) is 37.5 Å². The van der Waals surface area contributed by atoms with Crippen LogP contribution >= 0.6 is 39.1 Å². The van der Waals surface area contributed by atoms with Gasteiger partial charge in [-0.3, -0.25) is 0 Å². The summed E-state index contributed by atoms with van der Waals surface area (Å²) in [6.07, 6.45) is 1.28. The monoisotopic (exact) mass is 401 g/mol. The lowest BCUT2D eigenvalue weighted by Crippen LogP contribution is -2.39. The molecule has 8 heteroatoms. The Morgan fingerprint density at radius 2 is 1.75 bits per heavy atom. The zero-order valence-corrected chi connectivity index (χ0v) is 14.4. The van der Waals surface area contributed by atoms with Crippen molar-refractivity contribution in [3.63, 3.8) is 0 Å². The van der Waals surface area contributed by atoms with Gasteiger partial charge in [-0.1, -0.05) is 39.1 Å². The fourth-order valence-corrected chi connectivity index (χ4v) is 5.59. The topological polar surface area (TPSA) is 57.6 Å². The molecular weight excluding hydrogens is 389 g/mol. The average molecular weight is 403 g/mol. The van der Waals surface area contributed by atoms with Crippen molar-refractivity contribution in [3.05, 3.63) is 26.7 Å². The third-order valence-electron chi connectivity index (χ3n) is 3.39. The van der Waals surface area contributed by atoms with E-state index in [0.717, 1.165) is 0 Å². The highest BCUT2D eigenvalue weighted by Gasteiger charge is 2.32. The Balaban J connectivity index is 2.32. The van der Waals surface area contributed by atoms with E-state index in [-0.39, 0.29) is 27.5 Å². The summed E-state index contributed by atoms with van der Waals surface area (Å²) in [6, 6.07) is 3.03. The van der Waals surface area contributed by atoms with E-state index < -0.39 is 10.0 Å². The fourth-order valence-electron chi connectivity index (χ4n) is 2.24. The second-order valence-corrected chi connectivity index (χ2v) is 8.33. The molecule has 1 fully saturated rings. The van der Waals surface area contributed by atoms with Crippen LogP contribution in [0.2, 0.25) is 10.0 Å². The Bertz CT molecular complexity index is 578. The lowest BCUT2D eigenvalue weighted by Gasteiger charge is -2.30. The Kier molecular flexibility index (Phi) is 5.37. The van der Waals surface area contributed by atoms with Crippen LogP contribution in [0.15, 0.2) is 21.5 Å². The first-order valence-corrected chi connectivity index (χ1v) is 9.10. The number of hydrogen-bond donors (Lipinski definition) is 1. The minimum absolute atomic E-state index is 0.0496. The van der Waals surface area contributed by atoms with E-state index in [0.29, 0.717) is 30.4 Å². The first-order valence-electron chi connectivity index (χ1n) is 6.12. The first-order chi connectivity index (χ1) is 9.36. The predicted octanol–water partition coefficient (Wildman–Crippen LogP) is 3.15. The summed E-state index contributed by atoms with van der Waals surface area (Å²) in [5, 5.41) is 9.31. The van der Waals surface area contributed by atoms with Gasteiger partial charge >= 0.3 is 0 Å². The van der Waals surface area contributed by atoms with E-state index in [1.165, 1.54) is 16.4 Å². The van der Waals surface area contributed by atoms with Crippen LogP contribution in [0.1, 0.15) is 12.8 Å². The SMILES string of the molecule is O=S(=O)(c1c(Cl)cc(Br)cc1Cl)N1CCC(CO)CC1. The number of aliphatic hydroxyl groups excluding tert-OH is 1. The van der Waals surface area contributed by atoms with Gasteiger partial charge in [0, 0.05) is 24.2 Å². The van der Waals surface area contributed by atoms with E-state index in [4.69, 9.17) is 28.3 Å². The number of sulfonamides is 1. The highest BCUT2D eigenvalue weighted by Crippen LogP contribution is 2.35. The molecule has 1 aliphatic heterocycles. The number of benzene rings is 1. The smallest absolute Gasteiger partial charge is 0.246 e. The van der Waals surface area contributed by atoms with Crippen molar-refractivity contribution in [1.29, 1.82) is 0 Å². The summed E-state index contributed by atoms with van der Waals surface area (Å²) in [6.45, 7) is 0.834. The minimum atomic E-state index is -3.70.